The van der Waals surface area contributed by atoms with Gasteiger partial charge in [0.1, 0.15) is 17.6 Å². The van der Waals surface area contributed by atoms with E-state index in [0.717, 1.165) is 23.6 Å². The van der Waals surface area contributed by atoms with Gasteiger partial charge in [0.2, 0.25) is 11.8 Å². The van der Waals surface area contributed by atoms with Gasteiger partial charge in [-0.3, -0.25) is 9.59 Å². The molecule has 1 aromatic carbocycles. The molecule has 1 N–H and O–H groups in total. The summed E-state index contributed by atoms with van der Waals surface area (Å²) in [7, 11) is 3.50. The van der Waals surface area contributed by atoms with E-state index in [1.54, 1.807) is 18.2 Å². The number of carbonyl (C=O) groups is 2. The predicted octanol–water partition coefficient (Wildman–Crippen LogP) is 1.26. The van der Waals surface area contributed by atoms with Gasteiger partial charge in [0.15, 0.2) is 0 Å². The molecular formula is C18H22N4O3. The maximum atomic E-state index is 12.5. The summed E-state index contributed by atoms with van der Waals surface area (Å²) in [6.07, 6.45) is 4.87. The third-order valence-corrected chi connectivity index (χ3v) is 4.38. The molecule has 0 bridgehead atoms. The number of nitrogens with one attached hydrogen (secondary N) is 1. The lowest BCUT2D eigenvalue weighted by atomic mass is 10.1. The minimum Gasteiger partial charge on any atom is -0.497 e. The van der Waals surface area contributed by atoms with E-state index < -0.39 is 6.04 Å². The summed E-state index contributed by atoms with van der Waals surface area (Å²) in [4.78, 5) is 30.2. The molecule has 1 saturated heterocycles. The summed E-state index contributed by atoms with van der Waals surface area (Å²) in [5.41, 5.74) is 0.899. The second-order valence-corrected chi connectivity index (χ2v) is 6.09. The molecule has 132 valence electrons. The number of benzene rings is 1. The van der Waals surface area contributed by atoms with Gasteiger partial charge in [-0.2, -0.15) is 0 Å². The molecule has 1 atom stereocenters. The van der Waals surface area contributed by atoms with Crippen LogP contribution < -0.4 is 10.1 Å². The van der Waals surface area contributed by atoms with Crippen LogP contribution >= 0.6 is 0 Å². The number of hydrogen-bond acceptors (Lipinski definition) is 4. The fourth-order valence-electron chi connectivity index (χ4n) is 3.00. The first kappa shape index (κ1) is 17.0. The highest BCUT2D eigenvalue weighted by atomic mass is 16.5. The van der Waals surface area contributed by atoms with Crippen LogP contribution in [0.3, 0.4) is 0 Å². The fraction of sp³-hybridized carbons (Fsp3) is 0.389. The van der Waals surface area contributed by atoms with Gasteiger partial charge in [-0.05, 0) is 24.1 Å². The van der Waals surface area contributed by atoms with Gasteiger partial charge in [0.05, 0.1) is 13.7 Å². The number of nitrogens with zero attached hydrogens (tertiary/aromatic N) is 3. The molecule has 0 saturated carbocycles. The zero-order chi connectivity index (χ0) is 17.8. The predicted molar refractivity (Wildman–Crippen MR) is 92.0 cm³/mol. The van der Waals surface area contributed by atoms with Crippen LogP contribution in [0.5, 0.6) is 5.75 Å². The van der Waals surface area contributed by atoms with Crippen molar-refractivity contribution in [1.82, 2.24) is 19.8 Å². The highest BCUT2D eigenvalue weighted by molar-refractivity contribution is 5.86. The second kappa shape index (κ2) is 7.38. The number of carbonyl (C=O) groups excluding carboxylic acids is 2. The molecule has 7 nitrogen and oxygen atoms in total. The minimum atomic E-state index is -0.392. The Morgan fingerprint density at radius 2 is 2.12 bits per heavy atom. The topological polar surface area (TPSA) is 76.5 Å². The van der Waals surface area contributed by atoms with E-state index in [2.05, 4.69) is 10.3 Å². The van der Waals surface area contributed by atoms with E-state index in [1.807, 2.05) is 42.1 Å². The molecule has 1 aliphatic rings. The van der Waals surface area contributed by atoms with Crippen molar-refractivity contribution in [3.8, 4) is 5.75 Å². The lowest BCUT2D eigenvalue weighted by Gasteiger charge is -2.21. The van der Waals surface area contributed by atoms with Crippen molar-refractivity contribution in [1.29, 1.82) is 0 Å². The number of aromatic nitrogens is 2. The van der Waals surface area contributed by atoms with Crippen molar-refractivity contribution in [2.45, 2.75) is 18.9 Å². The summed E-state index contributed by atoms with van der Waals surface area (Å²) >= 11 is 0. The molecule has 1 aromatic heterocycles. The number of methoxy groups -OCH3 is 1. The summed E-state index contributed by atoms with van der Waals surface area (Å²) in [6, 6.07) is 7.11. The average molecular weight is 342 g/mol. The van der Waals surface area contributed by atoms with Crippen LogP contribution in [0.15, 0.2) is 36.7 Å². The van der Waals surface area contributed by atoms with Gasteiger partial charge >= 0.3 is 0 Å². The summed E-state index contributed by atoms with van der Waals surface area (Å²) in [5, 5.41) is 3.00. The van der Waals surface area contributed by atoms with E-state index in [0.29, 0.717) is 13.0 Å². The van der Waals surface area contributed by atoms with Gasteiger partial charge < -0.3 is 19.5 Å². The Hall–Kier alpha value is -2.83. The summed E-state index contributed by atoms with van der Waals surface area (Å²) < 4.78 is 7.06. The average Bonchev–Trinajstić information content (AvgIpc) is 3.21. The van der Waals surface area contributed by atoms with Gasteiger partial charge in [0.25, 0.3) is 0 Å². The number of rotatable bonds is 6. The maximum Gasteiger partial charge on any atom is 0.240 e. The molecule has 25 heavy (non-hydrogen) atoms. The first-order valence-electron chi connectivity index (χ1n) is 8.27. The molecule has 1 fully saturated rings. The van der Waals surface area contributed by atoms with Crippen LogP contribution in [-0.2, 0) is 16.6 Å². The number of amides is 2. The zero-order valence-electron chi connectivity index (χ0n) is 14.4. The number of ether oxygens (including phenoxy) is 1. The largest absolute Gasteiger partial charge is 0.497 e. The maximum absolute atomic E-state index is 12.5. The van der Waals surface area contributed by atoms with E-state index in [-0.39, 0.29) is 18.4 Å². The fourth-order valence-corrected chi connectivity index (χ4v) is 3.00. The Morgan fingerprint density at radius 3 is 2.68 bits per heavy atom. The Bertz CT molecular complexity index is 754. The number of aryl methyl sites for hydroxylation is 1. The van der Waals surface area contributed by atoms with Gasteiger partial charge in [-0.15, -0.1) is 0 Å². The molecule has 0 radical (unpaired) electrons. The molecule has 3 rings (SSSR count). The quantitative estimate of drug-likeness (QED) is 0.857. The third-order valence-electron chi connectivity index (χ3n) is 4.38. The lowest BCUT2D eigenvalue weighted by molar-refractivity contribution is -0.133. The standard InChI is InChI=1S/C18H22N4O3/c1-21-11-9-19-18(21)17(13-5-7-14(25-2)8-6-13)20-15(23)12-22-10-3-4-16(22)24/h5-9,11,17H,3-4,10,12H2,1-2H3,(H,20,23)/t17-/m0/s1. The van der Waals surface area contributed by atoms with E-state index in [1.165, 1.54) is 0 Å². The Balaban J connectivity index is 1.80. The number of imidazole rings is 1. The normalized spacial score (nSPS) is 15.3. The highest BCUT2D eigenvalue weighted by Gasteiger charge is 2.25. The Kier molecular flexibility index (Phi) is 5.02. The van der Waals surface area contributed by atoms with Gasteiger partial charge in [-0.25, -0.2) is 4.98 Å². The molecule has 2 heterocycles. The molecule has 0 unspecified atom stereocenters. The first-order valence-corrected chi connectivity index (χ1v) is 8.27. The highest BCUT2D eigenvalue weighted by Crippen LogP contribution is 2.23. The number of likely N-dealkylation sites (tertiary alicyclic amines) is 1. The Labute approximate surface area is 146 Å². The van der Waals surface area contributed by atoms with Crippen molar-refractivity contribution < 1.29 is 14.3 Å². The van der Waals surface area contributed by atoms with Crippen molar-refractivity contribution in [2.75, 3.05) is 20.2 Å². The molecule has 0 spiro atoms. The smallest absolute Gasteiger partial charge is 0.240 e. The van der Waals surface area contributed by atoms with Crippen LogP contribution in [0, 0.1) is 0 Å². The molecule has 1 aliphatic heterocycles. The zero-order valence-corrected chi connectivity index (χ0v) is 14.4. The van der Waals surface area contributed by atoms with Crippen LogP contribution in [0.1, 0.15) is 30.3 Å². The molecule has 0 aliphatic carbocycles. The van der Waals surface area contributed by atoms with Crippen LogP contribution in [0.4, 0.5) is 0 Å². The summed E-state index contributed by atoms with van der Waals surface area (Å²) in [5.74, 6) is 1.31. The lowest BCUT2D eigenvalue weighted by Crippen LogP contribution is -2.40. The summed E-state index contributed by atoms with van der Waals surface area (Å²) in [6.45, 7) is 0.720. The van der Waals surface area contributed by atoms with Crippen LogP contribution in [0.25, 0.3) is 0 Å². The van der Waals surface area contributed by atoms with Crippen molar-refractivity contribution in [2.24, 2.45) is 7.05 Å². The van der Waals surface area contributed by atoms with Crippen LogP contribution in [0.2, 0.25) is 0 Å². The molecule has 7 heteroatoms. The first-order chi connectivity index (χ1) is 12.1. The molecular weight excluding hydrogens is 320 g/mol. The van der Waals surface area contributed by atoms with Crippen molar-refractivity contribution >= 4 is 11.8 Å². The van der Waals surface area contributed by atoms with Crippen molar-refractivity contribution in [3.63, 3.8) is 0 Å². The SMILES string of the molecule is COc1ccc([C@H](NC(=O)CN2CCCC2=O)c2nccn2C)cc1. The number of hydrogen-bond donors (Lipinski definition) is 1. The van der Waals surface area contributed by atoms with Crippen LogP contribution in [-0.4, -0.2) is 46.5 Å². The van der Waals surface area contributed by atoms with E-state index in [4.69, 9.17) is 4.74 Å². The van der Waals surface area contributed by atoms with E-state index >= 15 is 0 Å². The van der Waals surface area contributed by atoms with Crippen molar-refractivity contribution in [3.05, 3.63) is 48.0 Å². The molecule has 2 aromatic rings. The van der Waals surface area contributed by atoms with Gasteiger partial charge in [0, 0.05) is 32.4 Å². The second-order valence-electron chi connectivity index (χ2n) is 6.09. The minimum absolute atomic E-state index is 0.0353. The molecule has 2 amide bonds. The monoisotopic (exact) mass is 342 g/mol. The Morgan fingerprint density at radius 1 is 1.36 bits per heavy atom. The van der Waals surface area contributed by atoms with E-state index in [9.17, 15) is 9.59 Å². The third kappa shape index (κ3) is 3.81. The van der Waals surface area contributed by atoms with Gasteiger partial charge in [-0.1, -0.05) is 12.1 Å².